The lowest BCUT2D eigenvalue weighted by Crippen LogP contribution is -2.49. The van der Waals surface area contributed by atoms with E-state index in [4.69, 9.17) is 9.47 Å². The third-order valence-electron chi connectivity index (χ3n) is 4.71. The topological polar surface area (TPSA) is 96.5 Å². The molecule has 1 saturated heterocycles. The Kier molecular flexibility index (Phi) is 4.49. The molecule has 2 aromatic heterocycles. The van der Waals surface area contributed by atoms with Crippen molar-refractivity contribution in [3.8, 4) is 11.5 Å². The standard InChI is InChI=1S/C18H20N6O3/c1-26-12-3-4-13(14(9-12)27-2)18(25)24-7-5-23(6-8-24)17-15-16(20-10-19-15)21-11-22-17/h3-4,9-11H,5-8H2,1-2H3,(H,19,20,21,22). The Morgan fingerprint density at radius 1 is 1.07 bits per heavy atom. The van der Waals surface area contributed by atoms with Crippen molar-refractivity contribution in [3.63, 3.8) is 0 Å². The minimum absolute atomic E-state index is 0.0523. The molecule has 1 fully saturated rings. The molecule has 0 atom stereocenters. The third kappa shape index (κ3) is 3.12. The number of amides is 1. The van der Waals surface area contributed by atoms with Gasteiger partial charge in [0.25, 0.3) is 5.91 Å². The summed E-state index contributed by atoms with van der Waals surface area (Å²) in [6.45, 7) is 2.53. The second-order valence-corrected chi connectivity index (χ2v) is 6.14. The normalized spacial score (nSPS) is 14.4. The lowest BCUT2D eigenvalue weighted by atomic mass is 10.1. The van der Waals surface area contributed by atoms with Gasteiger partial charge in [-0.25, -0.2) is 15.0 Å². The van der Waals surface area contributed by atoms with Gasteiger partial charge in [0.05, 0.1) is 26.1 Å². The number of H-pyrrole nitrogens is 1. The molecule has 4 rings (SSSR count). The number of imidazole rings is 1. The van der Waals surface area contributed by atoms with Gasteiger partial charge in [-0.1, -0.05) is 0 Å². The van der Waals surface area contributed by atoms with Crippen LogP contribution in [0.2, 0.25) is 0 Å². The van der Waals surface area contributed by atoms with E-state index in [1.54, 1.807) is 38.7 Å². The molecule has 0 radical (unpaired) electrons. The number of nitrogens with zero attached hydrogens (tertiary/aromatic N) is 5. The molecule has 27 heavy (non-hydrogen) atoms. The van der Waals surface area contributed by atoms with Gasteiger partial charge in [0.15, 0.2) is 11.5 Å². The maximum absolute atomic E-state index is 12.9. The second kappa shape index (κ2) is 7.10. The van der Waals surface area contributed by atoms with Crippen LogP contribution in [0.1, 0.15) is 10.4 Å². The van der Waals surface area contributed by atoms with Crippen molar-refractivity contribution in [1.29, 1.82) is 0 Å². The van der Waals surface area contributed by atoms with Crippen molar-refractivity contribution in [2.75, 3.05) is 45.3 Å². The van der Waals surface area contributed by atoms with Crippen molar-refractivity contribution < 1.29 is 14.3 Å². The summed E-state index contributed by atoms with van der Waals surface area (Å²) in [7, 11) is 3.13. The van der Waals surface area contributed by atoms with Crippen molar-refractivity contribution in [1.82, 2.24) is 24.8 Å². The molecular weight excluding hydrogens is 348 g/mol. The summed E-state index contributed by atoms with van der Waals surface area (Å²) in [5.41, 5.74) is 1.99. The molecule has 3 heterocycles. The number of anilines is 1. The summed E-state index contributed by atoms with van der Waals surface area (Å²) >= 11 is 0. The highest BCUT2D eigenvalue weighted by molar-refractivity contribution is 5.97. The third-order valence-corrected chi connectivity index (χ3v) is 4.71. The number of hydrogen-bond acceptors (Lipinski definition) is 7. The first-order valence-electron chi connectivity index (χ1n) is 8.61. The van der Waals surface area contributed by atoms with Gasteiger partial charge < -0.3 is 24.3 Å². The Hall–Kier alpha value is -3.36. The highest BCUT2D eigenvalue weighted by Gasteiger charge is 2.26. The van der Waals surface area contributed by atoms with Gasteiger partial charge in [-0.15, -0.1) is 0 Å². The average molecular weight is 368 g/mol. The molecule has 1 aromatic carbocycles. The highest BCUT2D eigenvalue weighted by atomic mass is 16.5. The van der Waals surface area contributed by atoms with E-state index in [0.29, 0.717) is 48.9 Å². The van der Waals surface area contributed by atoms with Gasteiger partial charge in [0, 0.05) is 32.2 Å². The largest absolute Gasteiger partial charge is 0.497 e. The van der Waals surface area contributed by atoms with E-state index < -0.39 is 0 Å². The van der Waals surface area contributed by atoms with Crippen LogP contribution in [-0.2, 0) is 0 Å². The van der Waals surface area contributed by atoms with Gasteiger partial charge >= 0.3 is 0 Å². The number of hydrogen-bond donors (Lipinski definition) is 1. The van der Waals surface area contributed by atoms with Crippen molar-refractivity contribution in [3.05, 3.63) is 36.4 Å². The second-order valence-electron chi connectivity index (χ2n) is 6.14. The predicted molar refractivity (Wildman–Crippen MR) is 99.3 cm³/mol. The van der Waals surface area contributed by atoms with Gasteiger partial charge in [0.2, 0.25) is 0 Å². The number of piperazine rings is 1. The van der Waals surface area contributed by atoms with Crippen LogP contribution < -0.4 is 14.4 Å². The molecule has 1 aliphatic heterocycles. The number of carbonyl (C=O) groups is 1. The smallest absolute Gasteiger partial charge is 0.257 e. The van der Waals surface area contributed by atoms with Gasteiger partial charge in [0.1, 0.15) is 23.3 Å². The van der Waals surface area contributed by atoms with Crippen LogP contribution in [0, 0.1) is 0 Å². The van der Waals surface area contributed by atoms with Crippen LogP contribution in [0.4, 0.5) is 5.82 Å². The summed E-state index contributed by atoms with van der Waals surface area (Å²) in [6.07, 6.45) is 3.12. The Morgan fingerprint density at radius 2 is 1.89 bits per heavy atom. The molecule has 0 unspecified atom stereocenters. The van der Waals surface area contributed by atoms with Crippen molar-refractivity contribution in [2.24, 2.45) is 0 Å². The molecular formula is C18H20N6O3. The van der Waals surface area contributed by atoms with E-state index in [9.17, 15) is 4.79 Å². The minimum atomic E-state index is -0.0523. The summed E-state index contributed by atoms with van der Waals surface area (Å²) in [5.74, 6) is 1.92. The fraction of sp³-hybridized carbons (Fsp3) is 0.333. The maximum Gasteiger partial charge on any atom is 0.257 e. The fourth-order valence-corrected chi connectivity index (χ4v) is 3.26. The number of carbonyl (C=O) groups excluding carboxylic acids is 1. The van der Waals surface area contributed by atoms with Crippen LogP contribution in [0.25, 0.3) is 11.2 Å². The molecule has 9 nitrogen and oxygen atoms in total. The van der Waals surface area contributed by atoms with Gasteiger partial charge in [-0.2, -0.15) is 0 Å². The van der Waals surface area contributed by atoms with Crippen molar-refractivity contribution in [2.45, 2.75) is 0 Å². The number of benzene rings is 1. The lowest BCUT2D eigenvalue weighted by Gasteiger charge is -2.35. The van der Waals surface area contributed by atoms with Crippen LogP contribution in [0.5, 0.6) is 11.5 Å². The highest BCUT2D eigenvalue weighted by Crippen LogP contribution is 2.27. The lowest BCUT2D eigenvalue weighted by molar-refractivity contribution is 0.0743. The molecule has 140 valence electrons. The zero-order valence-corrected chi connectivity index (χ0v) is 15.2. The number of fused-ring (bicyclic) bond motifs is 1. The van der Waals surface area contributed by atoms with Gasteiger partial charge in [-0.3, -0.25) is 4.79 Å². The minimum Gasteiger partial charge on any atom is -0.497 e. The van der Waals surface area contributed by atoms with Gasteiger partial charge in [-0.05, 0) is 12.1 Å². The average Bonchev–Trinajstić information content (AvgIpc) is 3.22. The first kappa shape index (κ1) is 17.1. The first-order chi connectivity index (χ1) is 13.2. The molecule has 0 saturated carbocycles. The molecule has 1 aliphatic rings. The van der Waals surface area contributed by atoms with Crippen LogP contribution in [-0.4, -0.2) is 71.1 Å². The fourth-order valence-electron chi connectivity index (χ4n) is 3.26. The Balaban J connectivity index is 1.49. The van der Waals surface area contributed by atoms with E-state index in [-0.39, 0.29) is 5.91 Å². The zero-order valence-electron chi connectivity index (χ0n) is 15.2. The number of nitrogens with one attached hydrogen (secondary N) is 1. The monoisotopic (exact) mass is 368 g/mol. The quantitative estimate of drug-likeness (QED) is 0.742. The number of aromatic nitrogens is 4. The summed E-state index contributed by atoms with van der Waals surface area (Å²) < 4.78 is 10.6. The van der Waals surface area contributed by atoms with E-state index in [0.717, 1.165) is 11.3 Å². The SMILES string of the molecule is COc1ccc(C(=O)N2CCN(c3ncnc4nc[nH]c34)CC2)c(OC)c1. The Labute approximate surface area is 155 Å². The number of ether oxygens (including phenoxy) is 2. The summed E-state index contributed by atoms with van der Waals surface area (Å²) in [5, 5.41) is 0. The first-order valence-corrected chi connectivity index (χ1v) is 8.61. The van der Waals surface area contributed by atoms with Crippen LogP contribution in [0.15, 0.2) is 30.9 Å². The Morgan fingerprint density at radius 3 is 2.63 bits per heavy atom. The number of methoxy groups -OCH3 is 2. The summed E-state index contributed by atoms with van der Waals surface area (Å²) in [4.78, 5) is 32.7. The van der Waals surface area contributed by atoms with E-state index in [2.05, 4.69) is 24.8 Å². The van der Waals surface area contributed by atoms with E-state index >= 15 is 0 Å². The van der Waals surface area contributed by atoms with Crippen LogP contribution in [0.3, 0.4) is 0 Å². The Bertz CT molecular complexity index is 965. The molecule has 1 amide bonds. The molecule has 0 bridgehead atoms. The number of aromatic amines is 1. The summed E-state index contributed by atoms with van der Waals surface area (Å²) in [6, 6.07) is 5.23. The number of rotatable bonds is 4. The molecule has 0 aliphatic carbocycles. The molecule has 0 spiro atoms. The maximum atomic E-state index is 12.9. The van der Waals surface area contributed by atoms with E-state index in [1.165, 1.54) is 6.33 Å². The molecule has 3 aromatic rings. The van der Waals surface area contributed by atoms with Crippen molar-refractivity contribution >= 4 is 22.9 Å². The predicted octanol–water partition coefficient (Wildman–Crippen LogP) is 1.33. The molecule has 1 N–H and O–H groups in total. The van der Waals surface area contributed by atoms with E-state index in [1.807, 2.05) is 4.90 Å². The van der Waals surface area contributed by atoms with Crippen LogP contribution >= 0.6 is 0 Å². The zero-order chi connectivity index (χ0) is 18.8. The molecule has 9 heteroatoms.